The van der Waals surface area contributed by atoms with E-state index in [1.54, 1.807) is 19.1 Å². The van der Waals surface area contributed by atoms with Gasteiger partial charge in [-0.3, -0.25) is 4.79 Å². The predicted octanol–water partition coefficient (Wildman–Crippen LogP) is 6.71. The van der Waals surface area contributed by atoms with Gasteiger partial charge in [0.2, 0.25) is 0 Å². The van der Waals surface area contributed by atoms with Crippen LogP contribution in [0.2, 0.25) is 0 Å². The Balaban J connectivity index is 1.68. The van der Waals surface area contributed by atoms with Crippen molar-refractivity contribution in [3.05, 3.63) is 76.9 Å². The van der Waals surface area contributed by atoms with Gasteiger partial charge in [-0.15, -0.1) is 11.3 Å². The number of benzene rings is 2. The van der Waals surface area contributed by atoms with Crippen molar-refractivity contribution in [3.8, 4) is 11.1 Å². The third kappa shape index (κ3) is 4.25. The molecule has 0 unspecified atom stereocenters. The fourth-order valence-electron chi connectivity index (χ4n) is 3.37. The minimum absolute atomic E-state index is 0.187. The van der Waals surface area contributed by atoms with E-state index in [4.69, 9.17) is 9.15 Å². The summed E-state index contributed by atoms with van der Waals surface area (Å²) in [5.74, 6) is -0.274. The highest BCUT2D eigenvalue weighted by atomic mass is 32.1. The fraction of sp³-hybridized carbons (Fsp3) is 0.200. The molecule has 158 valence electrons. The zero-order valence-electron chi connectivity index (χ0n) is 17.6. The topological polar surface area (TPSA) is 68.5 Å². The summed E-state index contributed by atoms with van der Waals surface area (Å²) in [6.07, 6.45) is 0. The molecule has 0 fully saturated rings. The predicted molar refractivity (Wildman–Crippen MR) is 124 cm³/mol. The first-order valence-electron chi connectivity index (χ1n) is 10.2. The van der Waals surface area contributed by atoms with Gasteiger partial charge in [0.1, 0.15) is 16.1 Å². The van der Waals surface area contributed by atoms with E-state index in [1.807, 2.05) is 35.7 Å². The summed E-state index contributed by atoms with van der Waals surface area (Å²) < 4.78 is 10.9. The maximum atomic E-state index is 12.8. The van der Waals surface area contributed by atoms with Gasteiger partial charge in [-0.25, -0.2) is 4.79 Å². The Morgan fingerprint density at radius 3 is 2.52 bits per heavy atom. The molecule has 2 aromatic heterocycles. The first-order valence-corrected chi connectivity index (χ1v) is 11.0. The SMILES string of the molecule is CCOC(=O)c1c(-c2ccc(C(C)C)cc2)csc1NC(=O)c1cc2ccccc2o1. The van der Waals surface area contributed by atoms with E-state index in [0.29, 0.717) is 22.1 Å². The van der Waals surface area contributed by atoms with Crippen LogP contribution in [0.1, 0.15) is 53.2 Å². The number of nitrogens with one attached hydrogen (secondary N) is 1. The van der Waals surface area contributed by atoms with Crippen LogP contribution in [-0.2, 0) is 4.74 Å². The molecule has 2 aromatic carbocycles. The Kier molecular flexibility index (Phi) is 5.91. The van der Waals surface area contributed by atoms with E-state index in [-0.39, 0.29) is 12.4 Å². The molecule has 5 nitrogen and oxygen atoms in total. The van der Waals surface area contributed by atoms with Crippen molar-refractivity contribution in [2.24, 2.45) is 0 Å². The van der Waals surface area contributed by atoms with Gasteiger partial charge in [0.15, 0.2) is 5.76 Å². The van der Waals surface area contributed by atoms with Crippen molar-refractivity contribution in [2.45, 2.75) is 26.7 Å². The standard InChI is InChI=1S/C25H23NO4S/c1-4-29-25(28)22-19(17-11-9-16(10-12-17)15(2)3)14-31-24(22)26-23(27)21-13-18-7-5-6-8-20(18)30-21/h5-15H,4H2,1-3H3,(H,26,27). The van der Waals surface area contributed by atoms with Gasteiger partial charge in [-0.1, -0.05) is 56.3 Å². The smallest absolute Gasteiger partial charge is 0.341 e. The summed E-state index contributed by atoms with van der Waals surface area (Å²) in [5, 5.41) is 5.98. The van der Waals surface area contributed by atoms with Gasteiger partial charge in [-0.05, 0) is 36.1 Å². The summed E-state index contributed by atoms with van der Waals surface area (Å²) in [5.41, 5.74) is 3.84. The number of furan rings is 1. The molecule has 4 aromatic rings. The molecule has 31 heavy (non-hydrogen) atoms. The van der Waals surface area contributed by atoms with Gasteiger partial charge < -0.3 is 14.5 Å². The minimum atomic E-state index is -0.466. The fourth-order valence-corrected chi connectivity index (χ4v) is 4.33. The lowest BCUT2D eigenvalue weighted by Crippen LogP contribution is -2.14. The third-order valence-corrected chi connectivity index (χ3v) is 5.93. The van der Waals surface area contributed by atoms with Crippen molar-refractivity contribution in [2.75, 3.05) is 11.9 Å². The van der Waals surface area contributed by atoms with Crippen LogP contribution in [0, 0.1) is 0 Å². The molecule has 1 amide bonds. The number of hydrogen-bond donors (Lipinski definition) is 1. The highest BCUT2D eigenvalue weighted by Crippen LogP contribution is 2.37. The molecule has 1 N–H and O–H groups in total. The summed E-state index contributed by atoms with van der Waals surface area (Å²) in [4.78, 5) is 25.6. The number of carbonyl (C=O) groups is 2. The molecule has 4 rings (SSSR count). The van der Waals surface area contributed by atoms with Gasteiger partial charge in [0.05, 0.1) is 6.61 Å². The zero-order chi connectivity index (χ0) is 22.0. The monoisotopic (exact) mass is 433 g/mol. The van der Waals surface area contributed by atoms with Crippen molar-refractivity contribution < 1.29 is 18.7 Å². The Labute approximate surface area is 184 Å². The van der Waals surface area contributed by atoms with Crippen LogP contribution in [0.15, 0.2) is 64.4 Å². The highest BCUT2D eigenvalue weighted by Gasteiger charge is 2.24. The van der Waals surface area contributed by atoms with E-state index in [2.05, 4.69) is 31.3 Å². The molecule has 0 atom stereocenters. The van der Waals surface area contributed by atoms with Crippen LogP contribution >= 0.6 is 11.3 Å². The number of hydrogen-bond acceptors (Lipinski definition) is 5. The maximum absolute atomic E-state index is 12.8. The van der Waals surface area contributed by atoms with Gasteiger partial charge >= 0.3 is 5.97 Å². The van der Waals surface area contributed by atoms with Gasteiger partial charge in [0, 0.05) is 16.3 Å². The van der Waals surface area contributed by atoms with Crippen LogP contribution in [0.4, 0.5) is 5.00 Å². The van der Waals surface area contributed by atoms with E-state index in [0.717, 1.165) is 16.5 Å². The van der Waals surface area contributed by atoms with E-state index in [1.165, 1.54) is 16.9 Å². The third-order valence-electron chi connectivity index (χ3n) is 5.04. The van der Waals surface area contributed by atoms with Crippen molar-refractivity contribution >= 4 is 39.2 Å². The number of ether oxygens (including phenoxy) is 1. The van der Waals surface area contributed by atoms with Crippen molar-refractivity contribution in [1.82, 2.24) is 0 Å². The molecule has 6 heteroatoms. The maximum Gasteiger partial charge on any atom is 0.341 e. The number of rotatable bonds is 6. The van der Waals surface area contributed by atoms with Gasteiger partial charge in [0.25, 0.3) is 5.91 Å². The van der Waals surface area contributed by atoms with Gasteiger partial charge in [-0.2, -0.15) is 0 Å². The Morgan fingerprint density at radius 1 is 1.10 bits per heavy atom. The molecule has 0 bridgehead atoms. The normalized spacial score (nSPS) is 11.1. The van der Waals surface area contributed by atoms with Crippen LogP contribution in [0.5, 0.6) is 0 Å². The molecular weight excluding hydrogens is 410 g/mol. The summed E-state index contributed by atoms with van der Waals surface area (Å²) >= 11 is 1.29. The molecule has 0 saturated heterocycles. The quantitative estimate of drug-likeness (QED) is 0.343. The van der Waals surface area contributed by atoms with Crippen LogP contribution in [0.3, 0.4) is 0 Å². The largest absolute Gasteiger partial charge is 0.462 e. The number of fused-ring (bicyclic) bond motifs is 1. The minimum Gasteiger partial charge on any atom is -0.462 e. The van der Waals surface area contributed by atoms with Crippen molar-refractivity contribution in [3.63, 3.8) is 0 Å². The first-order chi connectivity index (χ1) is 15.0. The second kappa shape index (κ2) is 8.78. The summed E-state index contributed by atoms with van der Waals surface area (Å²) in [7, 11) is 0. The number of thiophene rings is 1. The lowest BCUT2D eigenvalue weighted by atomic mass is 9.98. The molecule has 0 spiro atoms. The van der Waals surface area contributed by atoms with E-state index in [9.17, 15) is 9.59 Å². The van der Waals surface area contributed by atoms with Crippen LogP contribution < -0.4 is 5.32 Å². The number of para-hydroxylation sites is 1. The second-order valence-corrected chi connectivity index (χ2v) is 8.33. The lowest BCUT2D eigenvalue weighted by Gasteiger charge is -2.10. The number of amides is 1. The Bertz CT molecular complexity index is 1200. The summed E-state index contributed by atoms with van der Waals surface area (Å²) in [6, 6.07) is 17.2. The molecule has 0 aliphatic carbocycles. The highest BCUT2D eigenvalue weighted by molar-refractivity contribution is 7.15. The summed E-state index contributed by atoms with van der Waals surface area (Å²) in [6.45, 7) is 6.27. The number of esters is 1. The molecule has 0 radical (unpaired) electrons. The Hall–Kier alpha value is -3.38. The average Bonchev–Trinajstić information content (AvgIpc) is 3.38. The number of carbonyl (C=O) groups excluding carboxylic acids is 2. The van der Waals surface area contributed by atoms with E-state index >= 15 is 0 Å². The Morgan fingerprint density at radius 2 is 1.84 bits per heavy atom. The number of anilines is 1. The lowest BCUT2D eigenvalue weighted by molar-refractivity contribution is 0.0529. The van der Waals surface area contributed by atoms with Crippen LogP contribution in [0.25, 0.3) is 22.1 Å². The molecular formula is C25H23NO4S. The average molecular weight is 434 g/mol. The molecule has 2 heterocycles. The molecule has 0 aliphatic rings. The van der Waals surface area contributed by atoms with Crippen molar-refractivity contribution in [1.29, 1.82) is 0 Å². The first kappa shape index (κ1) is 20.9. The molecule has 0 aliphatic heterocycles. The molecule has 0 saturated carbocycles. The van der Waals surface area contributed by atoms with Crippen LogP contribution in [-0.4, -0.2) is 18.5 Å². The van der Waals surface area contributed by atoms with E-state index < -0.39 is 11.9 Å². The zero-order valence-corrected chi connectivity index (χ0v) is 18.4. The second-order valence-electron chi connectivity index (χ2n) is 7.45.